The number of ether oxygens (including phenoxy) is 1. The van der Waals surface area contributed by atoms with E-state index >= 15 is 0 Å². The Hall–Kier alpha value is -1.39. The van der Waals surface area contributed by atoms with Crippen molar-refractivity contribution in [2.24, 2.45) is 0 Å². The summed E-state index contributed by atoms with van der Waals surface area (Å²) in [5, 5.41) is 9.71. The summed E-state index contributed by atoms with van der Waals surface area (Å²) in [7, 11) is 3.27. The minimum absolute atomic E-state index is 0.0470. The Morgan fingerprint density at radius 2 is 2.00 bits per heavy atom. The fourth-order valence-corrected chi connectivity index (χ4v) is 1.87. The van der Waals surface area contributed by atoms with Gasteiger partial charge in [-0.05, 0) is 26.0 Å². The molecule has 0 heterocycles. The number of hydrogen-bond donors (Lipinski definition) is 1. The van der Waals surface area contributed by atoms with Crippen molar-refractivity contribution in [3.8, 4) is 0 Å². The number of aliphatic hydroxyl groups excluding tert-OH is 1. The molecule has 0 saturated carbocycles. The van der Waals surface area contributed by atoms with Crippen LogP contribution in [-0.2, 0) is 16.0 Å². The summed E-state index contributed by atoms with van der Waals surface area (Å²) in [6.07, 6.45) is 0.308. The van der Waals surface area contributed by atoms with Gasteiger partial charge < -0.3 is 14.7 Å². The van der Waals surface area contributed by atoms with Crippen molar-refractivity contribution >= 4 is 5.97 Å². The van der Waals surface area contributed by atoms with Crippen LogP contribution in [0.3, 0.4) is 0 Å². The predicted molar refractivity (Wildman–Crippen MR) is 75.0 cm³/mol. The molecule has 0 aromatic heterocycles. The van der Waals surface area contributed by atoms with Crippen LogP contribution in [0.5, 0.6) is 0 Å². The smallest absolute Gasteiger partial charge is 0.308 e. The number of carbonyl (C=O) groups is 1. The number of likely N-dealkylation sites (N-methyl/N-ethyl adjacent to an activating group) is 1. The van der Waals surface area contributed by atoms with Crippen LogP contribution < -0.4 is 0 Å². The largest absolute Gasteiger partial charge is 0.469 e. The maximum atomic E-state index is 11.0. The Kier molecular flexibility index (Phi) is 6.53. The van der Waals surface area contributed by atoms with E-state index in [1.54, 1.807) is 0 Å². The van der Waals surface area contributed by atoms with Crippen LogP contribution in [0.2, 0.25) is 0 Å². The van der Waals surface area contributed by atoms with Crippen molar-refractivity contribution in [1.29, 1.82) is 0 Å². The number of methoxy groups -OCH3 is 1. The van der Waals surface area contributed by atoms with Crippen molar-refractivity contribution < 1.29 is 14.6 Å². The van der Waals surface area contributed by atoms with E-state index in [4.69, 9.17) is 0 Å². The lowest BCUT2D eigenvalue weighted by Gasteiger charge is -2.19. The van der Waals surface area contributed by atoms with E-state index < -0.39 is 6.10 Å². The Morgan fingerprint density at radius 1 is 1.37 bits per heavy atom. The summed E-state index contributed by atoms with van der Waals surface area (Å²) in [6.45, 7) is 3.39. The molecule has 1 N–H and O–H groups in total. The molecule has 0 amide bonds. The van der Waals surface area contributed by atoms with E-state index in [-0.39, 0.29) is 12.4 Å². The first-order valence-corrected chi connectivity index (χ1v) is 6.50. The Morgan fingerprint density at radius 3 is 2.58 bits per heavy atom. The lowest BCUT2D eigenvalue weighted by molar-refractivity contribution is -0.143. The van der Waals surface area contributed by atoms with Gasteiger partial charge in [-0.15, -0.1) is 0 Å². The van der Waals surface area contributed by atoms with Crippen LogP contribution in [0.15, 0.2) is 24.3 Å². The number of hydrogen-bond acceptors (Lipinski definition) is 4. The van der Waals surface area contributed by atoms with Gasteiger partial charge in [0.05, 0.1) is 19.6 Å². The number of aryl methyl sites for hydroxylation is 1. The minimum Gasteiger partial charge on any atom is -0.469 e. The van der Waals surface area contributed by atoms with Gasteiger partial charge in [-0.2, -0.15) is 0 Å². The monoisotopic (exact) mass is 265 g/mol. The van der Waals surface area contributed by atoms with Crippen LogP contribution in [0.25, 0.3) is 0 Å². The van der Waals surface area contributed by atoms with Crippen LogP contribution in [0.1, 0.15) is 17.5 Å². The number of carbonyl (C=O) groups excluding carboxylic acids is 1. The van der Waals surface area contributed by atoms with Gasteiger partial charge in [0, 0.05) is 13.1 Å². The molecule has 4 heteroatoms. The normalized spacial score (nSPS) is 12.5. The van der Waals surface area contributed by atoms with E-state index in [1.165, 1.54) is 18.2 Å². The highest BCUT2D eigenvalue weighted by Gasteiger charge is 2.13. The molecule has 1 aromatic rings. The highest BCUT2D eigenvalue weighted by molar-refractivity contribution is 5.69. The fraction of sp³-hybridized carbons (Fsp3) is 0.533. The summed E-state index contributed by atoms with van der Waals surface area (Å²) in [6, 6.07) is 8.44. The van der Waals surface area contributed by atoms with E-state index in [1.807, 2.05) is 11.9 Å². The summed E-state index contributed by atoms with van der Waals surface area (Å²) >= 11 is 0. The quantitative estimate of drug-likeness (QED) is 0.757. The zero-order valence-electron chi connectivity index (χ0n) is 11.9. The molecule has 1 unspecified atom stereocenters. The van der Waals surface area contributed by atoms with Gasteiger partial charge in [-0.1, -0.05) is 29.8 Å². The van der Waals surface area contributed by atoms with Crippen molar-refractivity contribution in [3.05, 3.63) is 35.4 Å². The maximum Gasteiger partial charge on any atom is 0.308 e. The van der Waals surface area contributed by atoms with Crippen molar-refractivity contribution in [2.45, 2.75) is 25.9 Å². The molecule has 19 heavy (non-hydrogen) atoms. The number of aliphatic hydroxyl groups is 1. The summed E-state index contributed by atoms with van der Waals surface area (Å²) in [4.78, 5) is 13.0. The lowest BCUT2D eigenvalue weighted by Crippen LogP contribution is -2.32. The number of rotatable bonds is 7. The molecule has 106 valence electrons. The second kappa shape index (κ2) is 7.92. The van der Waals surface area contributed by atoms with Crippen LogP contribution in [-0.4, -0.2) is 49.3 Å². The third kappa shape index (κ3) is 6.36. The maximum absolute atomic E-state index is 11.0. The highest BCUT2D eigenvalue weighted by atomic mass is 16.5. The van der Waals surface area contributed by atoms with Crippen molar-refractivity contribution in [3.63, 3.8) is 0 Å². The topological polar surface area (TPSA) is 49.8 Å². The number of benzene rings is 1. The zero-order chi connectivity index (χ0) is 14.3. The average Bonchev–Trinajstić information content (AvgIpc) is 2.37. The van der Waals surface area contributed by atoms with Gasteiger partial charge in [0.1, 0.15) is 0 Å². The molecule has 1 rings (SSSR count). The molecular formula is C15H23NO3. The average molecular weight is 265 g/mol. The second-order valence-corrected chi connectivity index (χ2v) is 4.93. The first-order chi connectivity index (χ1) is 9.01. The van der Waals surface area contributed by atoms with Crippen molar-refractivity contribution in [2.75, 3.05) is 27.2 Å². The molecule has 0 saturated heterocycles. The SMILES string of the molecule is COC(=O)CC(O)CN(C)CCc1ccc(C)cc1. The Labute approximate surface area is 115 Å². The zero-order valence-corrected chi connectivity index (χ0v) is 11.9. The van der Waals surface area contributed by atoms with Gasteiger partial charge in [-0.25, -0.2) is 0 Å². The molecule has 1 aromatic carbocycles. The summed E-state index contributed by atoms with van der Waals surface area (Å²) in [5.74, 6) is -0.376. The van der Waals surface area contributed by atoms with E-state index in [2.05, 4.69) is 35.9 Å². The van der Waals surface area contributed by atoms with Gasteiger partial charge >= 0.3 is 5.97 Å². The number of esters is 1. The minimum atomic E-state index is -0.671. The fourth-order valence-electron chi connectivity index (χ4n) is 1.87. The van der Waals surface area contributed by atoms with E-state index in [0.29, 0.717) is 6.54 Å². The molecule has 0 spiro atoms. The molecule has 0 aliphatic rings. The van der Waals surface area contributed by atoms with E-state index in [0.717, 1.165) is 13.0 Å². The standard InChI is InChI=1S/C15H23NO3/c1-12-4-6-13(7-5-12)8-9-16(2)11-14(17)10-15(18)19-3/h4-7,14,17H,8-11H2,1-3H3. The first kappa shape index (κ1) is 15.7. The molecule has 0 radical (unpaired) electrons. The predicted octanol–water partition coefficient (Wildman–Crippen LogP) is 1.39. The van der Waals surface area contributed by atoms with Crippen LogP contribution >= 0.6 is 0 Å². The molecule has 1 atom stereocenters. The van der Waals surface area contributed by atoms with Gasteiger partial charge in [-0.3, -0.25) is 4.79 Å². The summed E-state index contributed by atoms with van der Waals surface area (Å²) in [5.41, 5.74) is 2.53. The van der Waals surface area contributed by atoms with E-state index in [9.17, 15) is 9.90 Å². The molecule has 0 fully saturated rings. The van der Waals surface area contributed by atoms with Crippen molar-refractivity contribution in [1.82, 2.24) is 4.90 Å². The third-order valence-electron chi connectivity index (χ3n) is 3.06. The Balaban J connectivity index is 2.29. The van der Waals surface area contributed by atoms with Crippen LogP contribution in [0, 0.1) is 6.92 Å². The molecule has 4 nitrogen and oxygen atoms in total. The van der Waals surface area contributed by atoms with Gasteiger partial charge in [0.15, 0.2) is 0 Å². The number of nitrogens with zero attached hydrogens (tertiary/aromatic N) is 1. The molecule has 0 aliphatic heterocycles. The molecule has 0 aliphatic carbocycles. The highest BCUT2D eigenvalue weighted by Crippen LogP contribution is 2.05. The molecular weight excluding hydrogens is 242 g/mol. The van der Waals surface area contributed by atoms with Gasteiger partial charge in [0.2, 0.25) is 0 Å². The summed E-state index contributed by atoms with van der Waals surface area (Å²) < 4.78 is 4.53. The second-order valence-electron chi connectivity index (χ2n) is 4.93. The molecule has 0 bridgehead atoms. The van der Waals surface area contributed by atoms with Gasteiger partial charge in [0.25, 0.3) is 0 Å². The third-order valence-corrected chi connectivity index (χ3v) is 3.06. The lowest BCUT2D eigenvalue weighted by atomic mass is 10.1. The first-order valence-electron chi connectivity index (χ1n) is 6.50. The Bertz CT molecular complexity index is 389. The van der Waals surface area contributed by atoms with Crippen LogP contribution in [0.4, 0.5) is 0 Å².